The second-order valence-electron chi connectivity index (χ2n) is 6.74. The summed E-state index contributed by atoms with van der Waals surface area (Å²) in [7, 11) is 0. The Morgan fingerprint density at radius 3 is 2.50 bits per heavy atom. The van der Waals surface area contributed by atoms with Gasteiger partial charge in [-0.25, -0.2) is 19.0 Å². The van der Waals surface area contributed by atoms with Crippen LogP contribution in [0.1, 0.15) is 26.4 Å². The van der Waals surface area contributed by atoms with Crippen molar-refractivity contribution in [2.75, 3.05) is 4.90 Å². The van der Waals surface area contributed by atoms with Crippen LogP contribution >= 0.6 is 23.2 Å². The second kappa shape index (κ2) is 6.62. The number of carbonyl (C=O) groups is 2. The molecular formula is C21H11Cl2FN4O2. The Labute approximate surface area is 179 Å². The van der Waals surface area contributed by atoms with E-state index in [-0.39, 0.29) is 27.5 Å². The van der Waals surface area contributed by atoms with Crippen molar-refractivity contribution in [3.63, 3.8) is 0 Å². The first-order chi connectivity index (χ1) is 14.4. The number of imide groups is 1. The number of para-hydroxylation sites is 1. The van der Waals surface area contributed by atoms with Gasteiger partial charge in [-0.3, -0.25) is 9.59 Å². The van der Waals surface area contributed by atoms with Crippen LogP contribution in [0, 0.1) is 12.7 Å². The molecule has 4 aromatic rings. The molecule has 6 nitrogen and oxygen atoms in total. The van der Waals surface area contributed by atoms with E-state index in [0.29, 0.717) is 21.8 Å². The van der Waals surface area contributed by atoms with Gasteiger partial charge in [-0.15, -0.1) is 0 Å². The number of hydrogen-bond acceptors (Lipinski definition) is 4. The molecular weight excluding hydrogens is 430 g/mol. The lowest BCUT2D eigenvalue weighted by Crippen LogP contribution is -2.29. The van der Waals surface area contributed by atoms with E-state index in [1.807, 2.05) is 0 Å². The van der Waals surface area contributed by atoms with E-state index >= 15 is 0 Å². The second-order valence-corrected chi connectivity index (χ2v) is 7.55. The van der Waals surface area contributed by atoms with E-state index in [1.54, 1.807) is 25.1 Å². The van der Waals surface area contributed by atoms with E-state index < -0.39 is 17.6 Å². The fourth-order valence-corrected chi connectivity index (χ4v) is 3.90. The monoisotopic (exact) mass is 440 g/mol. The van der Waals surface area contributed by atoms with Crippen molar-refractivity contribution in [3.8, 4) is 5.69 Å². The van der Waals surface area contributed by atoms with Crippen LogP contribution in [0.25, 0.3) is 16.7 Å². The molecule has 2 amide bonds. The Morgan fingerprint density at radius 2 is 1.77 bits per heavy atom. The molecule has 2 aromatic heterocycles. The van der Waals surface area contributed by atoms with Crippen LogP contribution in [0.4, 0.5) is 10.1 Å². The fourth-order valence-electron chi connectivity index (χ4n) is 3.61. The van der Waals surface area contributed by atoms with Gasteiger partial charge in [0.15, 0.2) is 5.65 Å². The van der Waals surface area contributed by atoms with Gasteiger partial charge in [0.05, 0.1) is 37.9 Å². The molecule has 0 atom stereocenters. The van der Waals surface area contributed by atoms with Crippen LogP contribution < -0.4 is 4.90 Å². The van der Waals surface area contributed by atoms with Crippen LogP contribution in [0.3, 0.4) is 0 Å². The zero-order chi connectivity index (χ0) is 21.2. The number of hydrogen-bond donors (Lipinski definition) is 0. The lowest BCUT2D eigenvalue weighted by atomic mass is 10.1. The maximum Gasteiger partial charge on any atom is 0.267 e. The largest absolute Gasteiger partial charge is 0.268 e. The van der Waals surface area contributed by atoms with Gasteiger partial charge in [0.25, 0.3) is 11.8 Å². The molecule has 0 spiro atoms. The maximum atomic E-state index is 14.3. The zero-order valence-corrected chi connectivity index (χ0v) is 16.9. The molecule has 1 aliphatic rings. The highest BCUT2D eigenvalue weighted by molar-refractivity contribution is 6.43. The SMILES string of the molecule is Cc1nn(-c2ccccc2F)c2ncc3c(c12)C(=O)N(c1ccc(Cl)c(Cl)c1)C3=O. The number of fused-ring (bicyclic) bond motifs is 3. The number of anilines is 1. The number of rotatable bonds is 2. The molecule has 0 fully saturated rings. The summed E-state index contributed by atoms with van der Waals surface area (Å²) >= 11 is 12.0. The van der Waals surface area contributed by atoms with Gasteiger partial charge in [-0.05, 0) is 37.3 Å². The standard InChI is InChI=1S/C21H11Cl2FN4O2/c1-10-17-18-12(9-25-19(17)28(26-10)16-5-3-2-4-15(16)24)20(29)27(21(18)30)11-6-7-13(22)14(23)8-11/h2-9H,1H3. The average molecular weight is 441 g/mol. The van der Waals surface area contributed by atoms with Crippen molar-refractivity contribution >= 4 is 51.7 Å². The minimum absolute atomic E-state index is 0.148. The fraction of sp³-hybridized carbons (Fsp3) is 0.0476. The van der Waals surface area contributed by atoms with Crippen LogP contribution in [-0.2, 0) is 0 Å². The lowest BCUT2D eigenvalue weighted by molar-refractivity contribution is 0.0926. The normalized spacial score (nSPS) is 13.4. The highest BCUT2D eigenvalue weighted by Crippen LogP contribution is 2.36. The Balaban J connectivity index is 1.72. The molecule has 0 aliphatic carbocycles. The first-order valence-corrected chi connectivity index (χ1v) is 9.61. The first kappa shape index (κ1) is 18.7. The van der Waals surface area contributed by atoms with Crippen LogP contribution in [-0.4, -0.2) is 26.6 Å². The van der Waals surface area contributed by atoms with E-state index in [0.717, 1.165) is 4.90 Å². The van der Waals surface area contributed by atoms with Crippen molar-refractivity contribution in [3.05, 3.63) is 81.3 Å². The molecule has 0 saturated heterocycles. The quantitative estimate of drug-likeness (QED) is 0.412. The Bertz CT molecular complexity index is 1400. The molecule has 0 unspecified atom stereocenters. The molecule has 0 radical (unpaired) electrons. The van der Waals surface area contributed by atoms with Gasteiger partial charge >= 0.3 is 0 Å². The Kier molecular flexibility index (Phi) is 4.13. The molecule has 2 aromatic carbocycles. The van der Waals surface area contributed by atoms with Gasteiger partial charge in [0.2, 0.25) is 0 Å². The van der Waals surface area contributed by atoms with Crippen LogP contribution in [0.15, 0.2) is 48.7 Å². The van der Waals surface area contributed by atoms with Crippen molar-refractivity contribution in [1.82, 2.24) is 14.8 Å². The highest BCUT2D eigenvalue weighted by atomic mass is 35.5. The topological polar surface area (TPSA) is 68.1 Å². The van der Waals surface area contributed by atoms with Crippen molar-refractivity contribution < 1.29 is 14.0 Å². The van der Waals surface area contributed by atoms with Crippen LogP contribution in [0.5, 0.6) is 0 Å². The number of halogens is 3. The Morgan fingerprint density at radius 1 is 1.00 bits per heavy atom. The summed E-state index contributed by atoms with van der Waals surface area (Å²) in [5, 5.41) is 5.30. The van der Waals surface area contributed by atoms with E-state index in [9.17, 15) is 14.0 Å². The van der Waals surface area contributed by atoms with Gasteiger partial charge in [-0.1, -0.05) is 35.3 Å². The number of amides is 2. The number of carbonyl (C=O) groups excluding carboxylic acids is 2. The van der Waals surface area contributed by atoms with E-state index in [1.165, 1.54) is 35.1 Å². The predicted molar refractivity (Wildman–Crippen MR) is 111 cm³/mol. The minimum atomic E-state index is -0.531. The summed E-state index contributed by atoms with van der Waals surface area (Å²) in [4.78, 5) is 31.6. The zero-order valence-electron chi connectivity index (χ0n) is 15.4. The maximum absolute atomic E-state index is 14.3. The van der Waals surface area contributed by atoms with E-state index in [4.69, 9.17) is 23.2 Å². The highest BCUT2D eigenvalue weighted by Gasteiger charge is 2.40. The molecule has 30 heavy (non-hydrogen) atoms. The number of aryl methyl sites for hydroxylation is 1. The third kappa shape index (κ3) is 2.56. The summed E-state index contributed by atoms with van der Waals surface area (Å²) in [6.07, 6.45) is 1.31. The van der Waals surface area contributed by atoms with E-state index in [2.05, 4.69) is 10.1 Å². The third-order valence-electron chi connectivity index (χ3n) is 4.96. The summed E-state index contributed by atoms with van der Waals surface area (Å²) in [5.74, 6) is -1.54. The molecule has 0 saturated carbocycles. The first-order valence-electron chi connectivity index (χ1n) is 8.85. The summed E-state index contributed by atoms with van der Waals surface area (Å²) < 4.78 is 15.7. The van der Waals surface area contributed by atoms with Gasteiger partial charge in [-0.2, -0.15) is 5.10 Å². The van der Waals surface area contributed by atoms with Gasteiger partial charge < -0.3 is 0 Å². The smallest absolute Gasteiger partial charge is 0.267 e. The van der Waals surface area contributed by atoms with Crippen molar-refractivity contribution in [2.45, 2.75) is 6.92 Å². The molecule has 0 bridgehead atoms. The number of benzene rings is 2. The van der Waals surface area contributed by atoms with Crippen molar-refractivity contribution in [2.24, 2.45) is 0 Å². The third-order valence-corrected chi connectivity index (χ3v) is 5.70. The summed E-state index contributed by atoms with van der Waals surface area (Å²) in [6, 6.07) is 10.6. The molecule has 3 heterocycles. The number of aromatic nitrogens is 3. The molecule has 5 rings (SSSR count). The van der Waals surface area contributed by atoms with Gasteiger partial charge in [0.1, 0.15) is 11.5 Å². The minimum Gasteiger partial charge on any atom is -0.268 e. The summed E-state index contributed by atoms with van der Waals surface area (Å²) in [5.41, 5.74) is 1.55. The average Bonchev–Trinajstić information content (AvgIpc) is 3.19. The van der Waals surface area contributed by atoms with Crippen molar-refractivity contribution in [1.29, 1.82) is 0 Å². The van der Waals surface area contributed by atoms with Gasteiger partial charge in [0, 0.05) is 6.20 Å². The Hall–Kier alpha value is -3.29. The number of pyridine rings is 1. The summed E-state index contributed by atoms with van der Waals surface area (Å²) in [6.45, 7) is 1.68. The number of nitrogens with zero attached hydrogens (tertiary/aromatic N) is 4. The lowest BCUT2D eigenvalue weighted by Gasteiger charge is -2.14. The molecule has 9 heteroatoms. The predicted octanol–water partition coefficient (Wildman–Crippen LogP) is 4.98. The van der Waals surface area contributed by atoms with Crippen LogP contribution in [0.2, 0.25) is 10.0 Å². The molecule has 1 aliphatic heterocycles. The molecule has 0 N–H and O–H groups in total. The molecule has 148 valence electrons.